The summed E-state index contributed by atoms with van der Waals surface area (Å²) >= 11 is 3.23. The number of phenolic OH excluding ortho intramolecular Hbond substituents is 1. The van der Waals surface area contributed by atoms with Gasteiger partial charge in [0.05, 0.1) is 27.6 Å². The van der Waals surface area contributed by atoms with Crippen LogP contribution in [0.4, 0.5) is 5.69 Å². The molecule has 0 aromatic heterocycles. The number of phenols is 1. The number of non-ortho nitro benzene ring substituents is 1. The SMILES string of the molecule is CCOc1cc(C=C(C#N)c2cccc([N+](=O)[O-])c2)cc(Br)c1O. The van der Waals surface area contributed by atoms with Crippen LogP contribution in [0.25, 0.3) is 11.6 Å². The molecule has 6 nitrogen and oxygen atoms in total. The van der Waals surface area contributed by atoms with Crippen molar-refractivity contribution in [2.75, 3.05) is 6.61 Å². The van der Waals surface area contributed by atoms with Gasteiger partial charge >= 0.3 is 0 Å². The van der Waals surface area contributed by atoms with Crippen LogP contribution in [-0.2, 0) is 0 Å². The molecule has 0 aliphatic heterocycles. The van der Waals surface area contributed by atoms with E-state index in [-0.39, 0.29) is 22.8 Å². The molecule has 2 rings (SSSR count). The Morgan fingerprint density at radius 2 is 2.21 bits per heavy atom. The summed E-state index contributed by atoms with van der Waals surface area (Å²) in [5.41, 5.74) is 1.23. The average molecular weight is 389 g/mol. The van der Waals surface area contributed by atoms with Gasteiger partial charge in [-0.05, 0) is 52.2 Å². The third-order valence-corrected chi connectivity index (χ3v) is 3.75. The van der Waals surface area contributed by atoms with Crippen molar-refractivity contribution in [3.8, 4) is 17.6 Å². The van der Waals surface area contributed by atoms with E-state index in [0.717, 1.165) is 0 Å². The summed E-state index contributed by atoms with van der Waals surface area (Å²) in [4.78, 5) is 10.4. The molecule has 2 aromatic carbocycles. The highest BCUT2D eigenvalue weighted by molar-refractivity contribution is 9.10. The van der Waals surface area contributed by atoms with Crippen molar-refractivity contribution in [2.45, 2.75) is 6.92 Å². The summed E-state index contributed by atoms with van der Waals surface area (Å²) in [5, 5.41) is 30.2. The Morgan fingerprint density at radius 3 is 2.83 bits per heavy atom. The zero-order valence-corrected chi connectivity index (χ0v) is 14.3. The van der Waals surface area contributed by atoms with Crippen LogP contribution in [0, 0.1) is 21.4 Å². The molecule has 0 heterocycles. The summed E-state index contributed by atoms with van der Waals surface area (Å²) in [6, 6.07) is 11.1. The molecule has 2 aromatic rings. The number of rotatable bonds is 5. The second kappa shape index (κ2) is 7.62. The van der Waals surface area contributed by atoms with Gasteiger partial charge in [-0.2, -0.15) is 5.26 Å². The minimum absolute atomic E-state index is 0.0251. The molecular formula is C17H13BrN2O4. The van der Waals surface area contributed by atoms with Crippen LogP contribution >= 0.6 is 15.9 Å². The molecule has 7 heteroatoms. The fourth-order valence-corrected chi connectivity index (χ4v) is 2.54. The standard InChI is InChI=1S/C17H13BrN2O4/c1-2-24-16-8-11(7-15(18)17(16)21)6-13(10-19)12-4-3-5-14(9-12)20(22)23/h3-9,21H,2H2,1H3. The van der Waals surface area contributed by atoms with Crippen molar-refractivity contribution in [3.63, 3.8) is 0 Å². The maximum Gasteiger partial charge on any atom is 0.270 e. The van der Waals surface area contributed by atoms with Gasteiger partial charge in [0.2, 0.25) is 0 Å². The van der Waals surface area contributed by atoms with E-state index in [9.17, 15) is 20.5 Å². The van der Waals surface area contributed by atoms with Gasteiger partial charge in [0, 0.05) is 12.1 Å². The Labute approximate surface area is 146 Å². The summed E-state index contributed by atoms with van der Waals surface area (Å²) in [6.45, 7) is 2.17. The molecule has 24 heavy (non-hydrogen) atoms. The number of aromatic hydroxyl groups is 1. The lowest BCUT2D eigenvalue weighted by atomic mass is 10.0. The smallest absolute Gasteiger partial charge is 0.270 e. The van der Waals surface area contributed by atoms with Gasteiger partial charge < -0.3 is 9.84 Å². The van der Waals surface area contributed by atoms with E-state index < -0.39 is 4.92 Å². The number of nitro groups is 1. The van der Waals surface area contributed by atoms with E-state index in [1.807, 2.05) is 6.07 Å². The Balaban J connectivity index is 2.50. The molecule has 0 spiro atoms. The molecule has 0 aliphatic rings. The summed E-state index contributed by atoms with van der Waals surface area (Å²) in [6.07, 6.45) is 1.58. The number of nitrogens with zero attached hydrogens (tertiary/aromatic N) is 2. The van der Waals surface area contributed by atoms with Crippen LogP contribution in [0.5, 0.6) is 11.5 Å². The van der Waals surface area contributed by atoms with E-state index in [0.29, 0.717) is 22.2 Å². The normalized spacial score (nSPS) is 11.0. The summed E-state index contributed by atoms with van der Waals surface area (Å²) < 4.78 is 5.78. The topological polar surface area (TPSA) is 96.4 Å². The van der Waals surface area contributed by atoms with Crippen LogP contribution < -0.4 is 4.74 Å². The van der Waals surface area contributed by atoms with Crippen LogP contribution in [0.1, 0.15) is 18.1 Å². The molecule has 1 N–H and O–H groups in total. The first-order valence-corrected chi connectivity index (χ1v) is 7.77. The van der Waals surface area contributed by atoms with Crippen molar-refractivity contribution >= 4 is 33.3 Å². The third-order valence-electron chi connectivity index (χ3n) is 3.15. The van der Waals surface area contributed by atoms with Crippen LogP contribution in [-0.4, -0.2) is 16.6 Å². The van der Waals surface area contributed by atoms with Crippen molar-refractivity contribution < 1.29 is 14.8 Å². The fourth-order valence-electron chi connectivity index (χ4n) is 2.08. The number of hydrogen-bond donors (Lipinski definition) is 1. The van der Waals surface area contributed by atoms with Gasteiger partial charge in [0.15, 0.2) is 11.5 Å². The third kappa shape index (κ3) is 3.91. The van der Waals surface area contributed by atoms with Crippen molar-refractivity contribution in [3.05, 3.63) is 62.1 Å². The summed E-state index contributed by atoms with van der Waals surface area (Å²) in [5.74, 6) is 0.261. The van der Waals surface area contributed by atoms with Crippen LogP contribution in [0.3, 0.4) is 0 Å². The second-order valence-corrected chi connectivity index (χ2v) is 5.61. The number of allylic oxidation sites excluding steroid dienone is 1. The Hall–Kier alpha value is -2.85. The lowest BCUT2D eigenvalue weighted by Crippen LogP contribution is -1.93. The second-order valence-electron chi connectivity index (χ2n) is 4.76. The average Bonchev–Trinajstić information content (AvgIpc) is 2.57. The molecule has 0 amide bonds. The number of nitriles is 1. The molecule has 0 saturated carbocycles. The van der Waals surface area contributed by atoms with Gasteiger partial charge in [-0.1, -0.05) is 12.1 Å². The Kier molecular flexibility index (Phi) is 5.55. The first-order chi connectivity index (χ1) is 11.5. The largest absolute Gasteiger partial charge is 0.503 e. The maximum absolute atomic E-state index is 10.9. The molecule has 0 bridgehead atoms. The summed E-state index contributed by atoms with van der Waals surface area (Å²) in [7, 11) is 0. The number of hydrogen-bond acceptors (Lipinski definition) is 5. The first kappa shape index (κ1) is 17.5. The monoisotopic (exact) mass is 388 g/mol. The zero-order valence-electron chi connectivity index (χ0n) is 12.7. The fraction of sp³-hybridized carbons (Fsp3) is 0.118. The van der Waals surface area contributed by atoms with Crippen LogP contribution in [0.2, 0.25) is 0 Å². The van der Waals surface area contributed by atoms with Gasteiger partial charge in [0.1, 0.15) is 0 Å². The van der Waals surface area contributed by atoms with Crippen molar-refractivity contribution in [2.24, 2.45) is 0 Å². The number of ether oxygens (including phenoxy) is 1. The van der Waals surface area contributed by atoms with Gasteiger partial charge in [-0.15, -0.1) is 0 Å². The van der Waals surface area contributed by atoms with Crippen molar-refractivity contribution in [1.82, 2.24) is 0 Å². The highest BCUT2D eigenvalue weighted by atomic mass is 79.9. The van der Waals surface area contributed by atoms with Gasteiger partial charge in [0.25, 0.3) is 5.69 Å². The van der Waals surface area contributed by atoms with E-state index in [1.165, 1.54) is 18.2 Å². The van der Waals surface area contributed by atoms with E-state index in [1.54, 1.807) is 31.2 Å². The molecule has 0 atom stereocenters. The van der Waals surface area contributed by atoms with Crippen LogP contribution in [0.15, 0.2) is 40.9 Å². The lowest BCUT2D eigenvalue weighted by Gasteiger charge is -2.09. The minimum atomic E-state index is -0.511. The van der Waals surface area contributed by atoms with E-state index in [4.69, 9.17) is 4.74 Å². The molecule has 0 fully saturated rings. The molecule has 0 unspecified atom stereocenters. The minimum Gasteiger partial charge on any atom is -0.503 e. The number of benzene rings is 2. The quantitative estimate of drug-likeness (QED) is 0.351. The molecule has 122 valence electrons. The first-order valence-electron chi connectivity index (χ1n) is 6.98. The molecule has 0 radical (unpaired) electrons. The lowest BCUT2D eigenvalue weighted by molar-refractivity contribution is -0.384. The van der Waals surface area contributed by atoms with E-state index in [2.05, 4.69) is 15.9 Å². The zero-order chi connectivity index (χ0) is 17.7. The Bertz CT molecular complexity index is 856. The van der Waals surface area contributed by atoms with Gasteiger partial charge in [-0.25, -0.2) is 0 Å². The molecular weight excluding hydrogens is 376 g/mol. The predicted molar refractivity (Wildman–Crippen MR) is 93.6 cm³/mol. The van der Waals surface area contributed by atoms with Crippen molar-refractivity contribution in [1.29, 1.82) is 5.26 Å². The number of nitro benzene ring substituents is 1. The van der Waals surface area contributed by atoms with Gasteiger partial charge in [-0.3, -0.25) is 10.1 Å². The molecule has 0 aliphatic carbocycles. The highest BCUT2D eigenvalue weighted by Gasteiger charge is 2.11. The maximum atomic E-state index is 10.9. The highest BCUT2D eigenvalue weighted by Crippen LogP contribution is 2.36. The predicted octanol–water partition coefficient (Wildman–Crippen LogP) is 4.53. The Morgan fingerprint density at radius 1 is 1.46 bits per heavy atom. The molecule has 0 saturated heterocycles. The van der Waals surface area contributed by atoms with E-state index >= 15 is 0 Å². The number of halogens is 1.